The van der Waals surface area contributed by atoms with Gasteiger partial charge >= 0.3 is 0 Å². The lowest BCUT2D eigenvalue weighted by Gasteiger charge is -2.25. The van der Waals surface area contributed by atoms with E-state index in [0.717, 1.165) is 18.5 Å². The number of hydrogen-bond acceptors (Lipinski definition) is 2. The largest absolute Gasteiger partial charge is 0.382 e. The molecule has 1 atom stereocenters. The Bertz CT molecular complexity index is 415. The monoisotopic (exact) mass is 264 g/mol. The first-order valence-corrected chi connectivity index (χ1v) is 6.85. The third-order valence-electron chi connectivity index (χ3n) is 3.32. The molecular weight excluding hydrogens is 239 g/mol. The standard InChI is InChI=1S/C16H25FN2/c1-6-7-8-13(4)18-14-9-10-16(15(17)11-14)19(5)12(2)3/h6,9-13,18H,1,7-8H2,2-5H3. The zero-order valence-corrected chi connectivity index (χ0v) is 12.4. The molecule has 1 aromatic carbocycles. The van der Waals surface area contributed by atoms with E-state index in [2.05, 4.69) is 18.8 Å². The van der Waals surface area contributed by atoms with E-state index in [4.69, 9.17) is 0 Å². The zero-order chi connectivity index (χ0) is 14.4. The number of benzene rings is 1. The summed E-state index contributed by atoms with van der Waals surface area (Å²) in [4.78, 5) is 1.93. The van der Waals surface area contributed by atoms with Gasteiger partial charge in [-0.25, -0.2) is 4.39 Å². The summed E-state index contributed by atoms with van der Waals surface area (Å²) in [5.74, 6) is -0.183. The van der Waals surface area contributed by atoms with E-state index in [1.54, 1.807) is 6.07 Å². The molecule has 0 aromatic heterocycles. The van der Waals surface area contributed by atoms with Crippen molar-refractivity contribution >= 4 is 11.4 Å². The fraction of sp³-hybridized carbons (Fsp3) is 0.500. The number of anilines is 2. The maximum atomic E-state index is 14.1. The summed E-state index contributed by atoms with van der Waals surface area (Å²) in [7, 11) is 1.91. The van der Waals surface area contributed by atoms with Gasteiger partial charge in [0.15, 0.2) is 0 Å². The SMILES string of the molecule is C=CCCC(C)Nc1ccc(N(C)C(C)C)c(F)c1. The van der Waals surface area contributed by atoms with Crippen LogP contribution in [0.5, 0.6) is 0 Å². The topological polar surface area (TPSA) is 15.3 Å². The van der Waals surface area contributed by atoms with Crippen LogP contribution in [0, 0.1) is 5.82 Å². The van der Waals surface area contributed by atoms with Crippen molar-refractivity contribution in [3.05, 3.63) is 36.7 Å². The second kappa shape index (κ2) is 7.17. The van der Waals surface area contributed by atoms with E-state index in [0.29, 0.717) is 11.7 Å². The third kappa shape index (κ3) is 4.58. The molecule has 0 aliphatic rings. The van der Waals surface area contributed by atoms with Crippen LogP contribution in [0.3, 0.4) is 0 Å². The van der Waals surface area contributed by atoms with Gasteiger partial charge in [-0.05, 0) is 51.8 Å². The molecular formula is C16H25FN2. The van der Waals surface area contributed by atoms with Crippen LogP contribution < -0.4 is 10.2 Å². The van der Waals surface area contributed by atoms with Crippen LogP contribution in [0.15, 0.2) is 30.9 Å². The highest BCUT2D eigenvalue weighted by atomic mass is 19.1. The van der Waals surface area contributed by atoms with Crippen LogP contribution in [0.2, 0.25) is 0 Å². The van der Waals surface area contributed by atoms with Crippen molar-refractivity contribution in [3.8, 4) is 0 Å². The number of halogens is 1. The Morgan fingerprint density at radius 2 is 2.05 bits per heavy atom. The average molecular weight is 264 g/mol. The molecule has 0 fully saturated rings. The van der Waals surface area contributed by atoms with Crippen molar-refractivity contribution < 1.29 is 4.39 Å². The summed E-state index contributed by atoms with van der Waals surface area (Å²) >= 11 is 0. The van der Waals surface area contributed by atoms with Gasteiger partial charge in [0.2, 0.25) is 0 Å². The van der Waals surface area contributed by atoms with Crippen molar-refractivity contribution in [2.45, 2.75) is 45.7 Å². The van der Waals surface area contributed by atoms with Crippen LogP contribution in [0.25, 0.3) is 0 Å². The van der Waals surface area contributed by atoms with Crippen LogP contribution in [-0.4, -0.2) is 19.1 Å². The number of nitrogens with one attached hydrogen (secondary N) is 1. The molecule has 1 unspecified atom stereocenters. The molecule has 0 bridgehead atoms. The summed E-state index contributed by atoms with van der Waals surface area (Å²) in [6.07, 6.45) is 3.86. The minimum absolute atomic E-state index is 0.183. The number of allylic oxidation sites excluding steroid dienone is 1. The molecule has 19 heavy (non-hydrogen) atoms. The second-order valence-corrected chi connectivity index (χ2v) is 5.28. The van der Waals surface area contributed by atoms with Crippen molar-refractivity contribution in [3.63, 3.8) is 0 Å². The van der Waals surface area contributed by atoms with Crippen molar-refractivity contribution in [1.29, 1.82) is 0 Å². The highest BCUT2D eigenvalue weighted by Gasteiger charge is 2.11. The lowest BCUT2D eigenvalue weighted by molar-refractivity contribution is 0.613. The van der Waals surface area contributed by atoms with E-state index in [9.17, 15) is 4.39 Å². The van der Waals surface area contributed by atoms with Crippen LogP contribution >= 0.6 is 0 Å². The van der Waals surface area contributed by atoms with E-state index >= 15 is 0 Å². The van der Waals surface area contributed by atoms with Crippen molar-refractivity contribution in [1.82, 2.24) is 0 Å². The average Bonchev–Trinajstić information content (AvgIpc) is 2.35. The second-order valence-electron chi connectivity index (χ2n) is 5.28. The van der Waals surface area contributed by atoms with Crippen LogP contribution in [-0.2, 0) is 0 Å². The van der Waals surface area contributed by atoms with Crippen molar-refractivity contribution in [2.75, 3.05) is 17.3 Å². The lowest BCUT2D eigenvalue weighted by atomic mass is 10.1. The van der Waals surface area contributed by atoms with E-state index in [1.165, 1.54) is 0 Å². The number of rotatable bonds is 7. The number of hydrogen-bond donors (Lipinski definition) is 1. The molecule has 0 aliphatic heterocycles. The van der Waals surface area contributed by atoms with E-state index in [1.807, 2.05) is 44.0 Å². The van der Waals surface area contributed by atoms with Gasteiger partial charge in [0, 0.05) is 24.8 Å². The molecule has 1 N–H and O–H groups in total. The molecule has 0 saturated heterocycles. The molecule has 1 aromatic rings. The highest BCUT2D eigenvalue weighted by Crippen LogP contribution is 2.24. The Hall–Kier alpha value is -1.51. The smallest absolute Gasteiger partial charge is 0.148 e. The van der Waals surface area contributed by atoms with E-state index < -0.39 is 0 Å². The molecule has 1 rings (SSSR count). The van der Waals surface area contributed by atoms with Crippen LogP contribution in [0.1, 0.15) is 33.6 Å². The van der Waals surface area contributed by atoms with Gasteiger partial charge in [0.25, 0.3) is 0 Å². The van der Waals surface area contributed by atoms with Gasteiger partial charge in [0.1, 0.15) is 5.82 Å². The predicted molar refractivity (Wildman–Crippen MR) is 82.5 cm³/mol. The summed E-state index contributed by atoms with van der Waals surface area (Å²) in [6.45, 7) is 9.89. The van der Waals surface area contributed by atoms with Gasteiger partial charge in [-0.3, -0.25) is 0 Å². The first kappa shape index (κ1) is 15.5. The molecule has 0 heterocycles. The molecule has 0 amide bonds. The fourth-order valence-corrected chi connectivity index (χ4v) is 1.89. The molecule has 3 heteroatoms. The number of nitrogens with zero attached hydrogens (tertiary/aromatic N) is 1. The van der Waals surface area contributed by atoms with E-state index in [-0.39, 0.29) is 11.9 Å². The first-order valence-electron chi connectivity index (χ1n) is 6.85. The summed E-state index contributed by atoms with van der Waals surface area (Å²) in [5, 5.41) is 3.31. The zero-order valence-electron chi connectivity index (χ0n) is 12.4. The Morgan fingerprint density at radius 1 is 1.37 bits per heavy atom. The molecule has 0 radical (unpaired) electrons. The summed E-state index contributed by atoms with van der Waals surface area (Å²) in [6, 6.07) is 5.92. The Balaban J connectivity index is 2.74. The molecule has 2 nitrogen and oxygen atoms in total. The van der Waals surface area contributed by atoms with Gasteiger partial charge in [-0.1, -0.05) is 6.08 Å². The van der Waals surface area contributed by atoms with Gasteiger partial charge in [0.05, 0.1) is 5.69 Å². The lowest BCUT2D eigenvalue weighted by Crippen LogP contribution is -2.26. The summed E-state index contributed by atoms with van der Waals surface area (Å²) in [5.41, 5.74) is 1.47. The highest BCUT2D eigenvalue weighted by molar-refractivity contribution is 5.56. The molecule has 0 spiro atoms. The normalized spacial score (nSPS) is 12.3. The molecule has 0 aliphatic carbocycles. The minimum atomic E-state index is -0.183. The first-order chi connectivity index (χ1) is 8.95. The van der Waals surface area contributed by atoms with Crippen molar-refractivity contribution in [2.24, 2.45) is 0 Å². The van der Waals surface area contributed by atoms with Gasteiger partial charge in [-0.15, -0.1) is 6.58 Å². The third-order valence-corrected chi connectivity index (χ3v) is 3.32. The molecule has 0 saturated carbocycles. The maximum absolute atomic E-state index is 14.1. The maximum Gasteiger partial charge on any atom is 0.148 e. The van der Waals surface area contributed by atoms with Gasteiger partial charge in [-0.2, -0.15) is 0 Å². The minimum Gasteiger partial charge on any atom is -0.382 e. The Labute approximate surface area is 116 Å². The van der Waals surface area contributed by atoms with Crippen LogP contribution in [0.4, 0.5) is 15.8 Å². The predicted octanol–water partition coefficient (Wildman–Crippen LogP) is 4.44. The summed E-state index contributed by atoms with van der Waals surface area (Å²) < 4.78 is 14.1. The fourth-order valence-electron chi connectivity index (χ4n) is 1.89. The Kier molecular flexibility index (Phi) is 5.87. The quantitative estimate of drug-likeness (QED) is 0.733. The van der Waals surface area contributed by atoms with Gasteiger partial charge < -0.3 is 10.2 Å². The molecule has 106 valence electrons. The Morgan fingerprint density at radius 3 is 2.58 bits per heavy atom.